The largest absolute Gasteiger partial charge is 0.394 e. The third-order valence-corrected chi connectivity index (χ3v) is 3.65. The molecule has 0 radical (unpaired) electrons. The molecule has 1 heterocycles. The highest BCUT2D eigenvalue weighted by molar-refractivity contribution is 7.15. The molecule has 0 aliphatic heterocycles. The minimum absolute atomic E-state index is 0. The van der Waals surface area contributed by atoms with Crippen molar-refractivity contribution in [2.24, 2.45) is 0 Å². The van der Waals surface area contributed by atoms with Crippen LogP contribution in [0.3, 0.4) is 0 Å². The van der Waals surface area contributed by atoms with E-state index >= 15 is 0 Å². The van der Waals surface area contributed by atoms with E-state index in [1.54, 1.807) is 6.20 Å². The van der Waals surface area contributed by atoms with Gasteiger partial charge in [0.1, 0.15) is 0 Å². The molecule has 1 aromatic rings. The Morgan fingerprint density at radius 2 is 2.33 bits per heavy atom. The topological polar surface area (TPSA) is 71.2 Å². The lowest BCUT2D eigenvalue weighted by Crippen LogP contribution is -2.53. The highest BCUT2D eigenvalue weighted by Gasteiger charge is 2.35. The van der Waals surface area contributed by atoms with Crippen LogP contribution in [0.15, 0.2) is 6.20 Å². The quantitative estimate of drug-likeness (QED) is 0.749. The van der Waals surface area contributed by atoms with Crippen LogP contribution in [0.5, 0.6) is 0 Å². The zero-order valence-electron chi connectivity index (χ0n) is 8.40. The van der Waals surface area contributed by atoms with E-state index in [1.807, 2.05) is 0 Å². The van der Waals surface area contributed by atoms with Crippen molar-refractivity contribution in [1.82, 2.24) is 10.3 Å². The van der Waals surface area contributed by atoms with E-state index < -0.39 is 0 Å². The number of nitrogens with one attached hydrogen (secondary N) is 1. The van der Waals surface area contributed by atoms with Gasteiger partial charge in [-0.3, -0.25) is 0 Å². The Hall–Kier alpha value is -0.360. The summed E-state index contributed by atoms with van der Waals surface area (Å²) in [6.45, 7) is 0.983. The summed E-state index contributed by atoms with van der Waals surface area (Å²) in [6, 6.07) is 0. The average molecular weight is 250 g/mol. The van der Waals surface area contributed by atoms with Gasteiger partial charge in [-0.05, 0) is 19.3 Å². The van der Waals surface area contributed by atoms with Crippen LogP contribution < -0.4 is 11.1 Å². The fourth-order valence-electron chi connectivity index (χ4n) is 1.67. The third kappa shape index (κ3) is 2.81. The first kappa shape index (κ1) is 12.7. The molecule has 86 valence electrons. The molecule has 1 saturated carbocycles. The van der Waals surface area contributed by atoms with Crippen molar-refractivity contribution in [2.45, 2.75) is 31.3 Å². The number of halogens is 1. The molecule has 1 aliphatic carbocycles. The summed E-state index contributed by atoms with van der Waals surface area (Å²) >= 11 is 1.50. The van der Waals surface area contributed by atoms with Crippen molar-refractivity contribution < 1.29 is 5.11 Å². The fraction of sp³-hybridized carbons (Fsp3) is 0.667. The number of hydrogen-bond acceptors (Lipinski definition) is 5. The summed E-state index contributed by atoms with van der Waals surface area (Å²) in [5, 5.41) is 13.2. The van der Waals surface area contributed by atoms with Crippen LogP contribution in [-0.2, 0) is 6.54 Å². The van der Waals surface area contributed by atoms with Gasteiger partial charge in [0, 0.05) is 23.2 Å². The number of hydrogen-bond donors (Lipinski definition) is 3. The number of aliphatic hydroxyl groups is 1. The van der Waals surface area contributed by atoms with Gasteiger partial charge in [-0.2, -0.15) is 0 Å². The normalized spacial score (nSPS) is 17.9. The molecule has 2 rings (SSSR count). The lowest BCUT2D eigenvalue weighted by molar-refractivity contribution is 0.0875. The van der Waals surface area contributed by atoms with Crippen LogP contribution >= 0.6 is 23.7 Å². The molecule has 0 spiro atoms. The van der Waals surface area contributed by atoms with Gasteiger partial charge >= 0.3 is 0 Å². The molecule has 0 unspecified atom stereocenters. The van der Waals surface area contributed by atoms with Crippen LogP contribution in [-0.4, -0.2) is 22.2 Å². The van der Waals surface area contributed by atoms with E-state index in [1.165, 1.54) is 17.8 Å². The fourth-order valence-corrected chi connectivity index (χ4v) is 2.30. The first-order chi connectivity index (χ1) is 6.74. The van der Waals surface area contributed by atoms with Crippen LogP contribution in [0.1, 0.15) is 24.1 Å². The van der Waals surface area contributed by atoms with Crippen LogP contribution in [0.4, 0.5) is 5.13 Å². The number of aliphatic hydroxyl groups excluding tert-OH is 1. The number of aromatic nitrogens is 1. The van der Waals surface area contributed by atoms with Crippen molar-refractivity contribution in [3.05, 3.63) is 11.1 Å². The van der Waals surface area contributed by atoms with E-state index in [-0.39, 0.29) is 24.6 Å². The SMILES string of the molecule is Cl.Nc1ncc(CNC2(CO)CCC2)s1. The predicted molar refractivity (Wildman–Crippen MR) is 64.3 cm³/mol. The smallest absolute Gasteiger partial charge is 0.180 e. The monoisotopic (exact) mass is 249 g/mol. The minimum atomic E-state index is -0.0290. The van der Waals surface area contributed by atoms with Crippen molar-refractivity contribution in [1.29, 1.82) is 0 Å². The molecular weight excluding hydrogens is 234 g/mol. The van der Waals surface area contributed by atoms with Crippen molar-refractivity contribution in [2.75, 3.05) is 12.3 Å². The highest BCUT2D eigenvalue weighted by atomic mass is 35.5. The second-order valence-electron chi connectivity index (χ2n) is 3.81. The van der Waals surface area contributed by atoms with Gasteiger partial charge in [-0.15, -0.1) is 23.7 Å². The van der Waals surface area contributed by atoms with Crippen LogP contribution in [0.2, 0.25) is 0 Å². The molecule has 4 nitrogen and oxygen atoms in total. The molecule has 1 aliphatic rings. The van der Waals surface area contributed by atoms with Crippen LogP contribution in [0.25, 0.3) is 0 Å². The predicted octanol–water partition coefficient (Wildman–Crippen LogP) is 1.15. The molecule has 0 aromatic carbocycles. The number of nitrogens with zero attached hydrogens (tertiary/aromatic N) is 1. The van der Waals surface area contributed by atoms with Crippen molar-refractivity contribution in [3.63, 3.8) is 0 Å². The maximum atomic E-state index is 9.22. The average Bonchev–Trinajstić information content (AvgIpc) is 2.50. The molecule has 0 atom stereocenters. The Morgan fingerprint density at radius 1 is 1.60 bits per heavy atom. The molecule has 1 aromatic heterocycles. The van der Waals surface area contributed by atoms with Gasteiger partial charge in [-0.1, -0.05) is 0 Å². The summed E-state index contributed by atoms with van der Waals surface area (Å²) < 4.78 is 0. The first-order valence-corrected chi connectivity index (χ1v) is 5.62. The van der Waals surface area contributed by atoms with Gasteiger partial charge in [0.15, 0.2) is 5.13 Å². The van der Waals surface area contributed by atoms with E-state index in [0.717, 1.165) is 24.3 Å². The molecule has 4 N–H and O–H groups in total. The standard InChI is InChI=1S/C9H15N3OS.ClH/c10-8-11-4-7(14-8)5-12-9(6-13)2-1-3-9;/h4,12-13H,1-3,5-6H2,(H2,10,11);1H. The number of nitrogens with two attached hydrogens (primary N) is 1. The zero-order valence-corrected chi connectivity index (χ0v) is 10.0. The van der Waals surface area contributed by atoms with E-state index in [0.29, 0.717) is 5.13 Å². The lowest BCUT2D eigenvalue weighted by atomic mass is 9.77. The minimum Gasteiger partial charge on any atom is -0.394 e. The molecule has 0 bridgehead atoms. The van der Waals surface area contributed by atoms with Gasteiger partial charge in [0.05, 0.1) is 6.61 Å². The molecule has 1 fully saturated rings. The van der Waals surface area contributed by atoms with E-state index in [4.69, 9.17) is 5.73 Å². The molecular formula is C9H16ClN3OS. The number of nitrogen functional groups attached to an aromatic ring is 1. The lowest BCUT2D eigenvalue weighted by Gasteiger charge is -2.41. The first-order valence-electron chi connectivity index (χ1n) is 4.80. The van der Waals surface area contributed by atoms with Gasteiger partial charge in [0.2, 0.25) is 0 Å². The summed E-state index contributed by atoms with van der Waals surface area (Å²) in [7, 11) is 0. The Kier molecular flexibility index (Phi) is 4.33. The van der Waals surface area contributed by atoms with E-state index in [9.17, 15) is 5.11 Å². The van der Waals surface area contributed by atoms with Gasteiger partial charge in [-0.25, -0.2) is 4.98 Å². The zero-order chi connectivity index (χ0) is 10.0. The number of thiazole rings is 1. The van der Waals surface area contributed by atoms with Crippen LogP contribution in [0, 0.1) is 0 Å². The highest BCUT2D eigenvalue weighted by Crippen LogP contribution is 2.31. The summed E-state index contributed by atoms with van der Waals surface area (Å²) in [4.78, 5) is 5.11. The number of rotatable bonds is 4. The molecule has 0 amide bonds. The maximum Gasteiger partial charge on any atom is 0.180 e. The second-order valence-corrected chi connectivity index (χ2v) is 4.96. The second kappa shape index (κ2) is 5.12. The Morgan fingerprint density at radius 3 is 2.73 bits per heavy atom. The molecule has 0 saturated heterocycles. The molecule has 6 heteroatoms. The Labute approximate surface area is 99.3 Å². The molecule has 15 heavy (non-hydrogen) atoms. The van der Waals surface area contributed by atoms with Crippen molar-refractivity contribution >= 4 is 28.9 Å². The van der Waals surface area contributed by atoms with Gasteiger partial charge < -0.3 is 16.2 Å². The Balaban J connectivity index is 0.00000112. The number of anilines is 1. The van der Waals surface area contributed by atoms with E-state index in [2.05, 4.69) is 10.3 Å². The maximum absolute atomic E-state index is 9.22. The third-order valence-electron chi connectivity index (χ3n) is 2.82. The van der Waals surface area contributed by atoms with Crippen molar-refractivity contribution in [3.8, 4) is 0 Å². The Bertz CT molecular complexity index is 309. The summed E-state index contributed by atoms with van der Waals surface area (Å²) in [5.74, 6) is 0. The summed E-state index contributed by atoms with van der Waals surface area (Å²) in [6.07, 6.45) is 5.13. The van der Waals surface area contributed by atoms with Gasteiger partial charge in [0.25, 0.3) is 0 Å². The summed E-state index contributed by atoms with van der Waals surface area (Å²) in [5.41, 5.74) is 5.50.